The number of hydrogen-bond donors (Lipinski definition) is 0. The van der Waals surface area contributed by atoms with Gasteiger partial charge < -0.3 is 9.64 Å². The van der Waals surface area contributed by atoms with E-state index in [0.717, 1.165) is 26.6 Å². The molecule has 26 heavy (non-hydrogen) atoms. The van der Waals surface area contributed by atoms with Crippen LogP contribution in [-0.4, -0.2) is 24.8 Å². The number of hydrogen-bond acceptors (Lipinski definition) is 3. The summed E-state index contributed by atoms with van der Waals surface area (Å²) in [7, 11) is 0. The molecular weight excluding hydrogens is 394 g/mol. The smallest absolute Gasteiger partial charge is 0.299 e. The number of ketones is 1. The molecule has 0 fully saturated rings. The van der Waals surface area contributed by atoms with Gasteiger partial charge in [-0.3, -0.25) is 9.59 Å². The van der Waals surface area contributed by atoms with Crippen LogP contribution in [0.25, 0.3) is 10.8 Å². The van der Waals surface area contributed by atoms with Gasteiger partial charge in [0.15, 0.2) is 0 Å². The van der Waals surface area contributed by atoms with Gasteiger partial charge in [-0.15, -0.1) is 0 Å². The van der Waals surface area contributed by atoms with Crippen molar-refractivity contribution in [1.29, 1.82) is 0 Å². The fourth-order valence-electron chi connectivity index (χ4n) is 3.25. The molecule has 0 saturated heterocycles. The van der Waals surface area contributed by atoms with Gasteiger partial charge in [-0.2, -0.15) is 0 Å². The maximum Gasteiger partial charge on any atom is 0.299 e. The number of Topliss-reactive ketones (excluding diaryl/α,β-unsaturated/α-hetero) is 1. The van der Waals surface area contributed by atoms with Gasteiger partial charge >= 0.3 is 0 Å². The highest BCUT2D eigenvalue weighted by atomic mass is 79.9. The summed E-state index contributed by atoms with van der Waals surface area (Å²) in [5.41, 5.74) is 2.02. The van der Waals surface area contributed by atoms with Crippen molar-refractivity contribution in [3.8, 4) is 5.75 Å². The van der Waals surface area contributed by atoms with E-state index in [2.05, 4.69) is 15.9 Å². The van der Waals surface area contributed by atoms with Crippen LogP contribution < -0.4 is 9.64 Å². The predicted molar refractivity (Wildman–Crippen MR) is 105 cm³/mol. The van der Waals surface area contributed by atoms with Gasteiger partial charge in [0.1, 0.15) is 12.4 Å². The number of ether oxygens (including phenoxy) is 1. The van der Waals surface area contributed by atoms with Gasteiger partial charge in [0.25, 0.3) is 11.7 Å². The predicted octanol–water partition coefficient (Wildman–Crippen LogP) is 4.52. The molecule has 0 aromatic heterocycles. The fraction of sp³-hybridized carbons (Fsp3) is 0.143. The maximum atomic E-state index is 12.3. The van der Waals surface area contributed by atoms with Crippen LogP contribution in [0.2, 0.25) is 0 Å². The quantitative estimate of drug-likeness (QED) is 0.595. The lowest BCUT2D eigenvalue weighted by molar-refractivity contribution is -0.114. The second-order valence-corrected chi connectivity index (χ2v) is 7.14. The van der Waals surface area contributed by atoms with Crippen LogP contribution in [0, 0.1) is 6.92 Å². The van der Waals surface area contributed by atoms with Gasteiger partial charge in [0.05, 0.1) is 17.8 Å². The Balaban J connectivity index is 1.51. The van der Waals surface area contributed by atoms with Crippen LogP contribution >= 0.6 is 15.9 Å². The van der Waals surface area contributed by atoms with Crippen molar-refractivity contribution in [1.82, 2.24) is 0 Å². The first-order chi connectivity index (χ1) is 12.5. The molecule has 1 heterocycles. The Bertz CT molecular complexity index is 1040. The monoisotopic (exact) mass is 409 g/mol. The van der Waals surface area contributed by atoms with Crippen molar-refractivity contribution in [2.45, 2.75) is 6.92 Å². The third kappa shape index (κ3) is 2.88. The van der Waals surface area contributed by atoms with E-state index < -0.39 is 11.7 Å². The molecule has 130 valence electrons. The Kier molecular flexibility index (Phi) is 4.24. The van der Waals surface area contributed by atoms with Gasteiger partial charge in [0, 0.05) is 4.47 Å². The highest BCUT2D eigenvalue weighted by molar-refractivity contribution is 9.10. The minimum absolute atomic E-state index is 0.303. The summed E-state index contributed by atoms with van der Waals surface area (Å²) in [6, 6.07) is 17.6. The Morgan fingerprint density at radius 2 is 1.77 bits per heavy atom. The lowest BCUT2D eigenvalue weighted by atomic mass is 10.1. The van der Waals surface area contributed by atoms with Gasteiger partial charge in [-0.1, -0.05) is 30.3 Å². The van der Waals surface area contributed by atoms with E-state index in [1.165, 1.54) is 4.90 Å². The van der Waals surface area contributed by atoms with Gasteiger partial charge in [-0.05, 0) is 63.5 Å². The third-order valence-electron chi connectivity index (χ3n) is 4.47. The molecule has 1 aliphatic heterocycles. The van der Waals surface area contributed by atoms with Crippen LogP contribution in [0.3, 0.4) is 0 Å². The second kappa shape index (κ2) is 6.57. The normalized spacial score (nSPS) is 13.4. The van der Waals surface area contributed by atoms with Crippen molar-refractivity contribution in [3.63, 3.8) is 0 Å². The molecule has 0 radical (unpaired) electrons. The van der Waals surface area contributed by atoms with E-state index in [0.29, 0.717) is 24.4 Å². The highest BCUT2D eigenvalue weighted by Crippen LogP contribution is 2.37. The van der Waals surface area contributed by atoms with Crippen molar-refractivity contribution in [3.05, 3.63) is 70.2 Å². The average molecular weight is 410 g/mol. The molecule has 1 aliphatic rings. The number of carbonyl (C=O) groups excluding carboxylic acids is 2. The van der Waals surface area contributed by atoms with Gasteiger partial charge in [-0.25, -0.2) is 0 Å². The van der Waals surface area contributed by atoms with E-state index in [4.69, 9.17) is 4.74 Å². The zero-order valence-electron chi connectivity index (χ0n) is 14.2. The third-order valence-corrected chi connectivity index (χ3v) is 5.07. The molecule has 0 aliphatic carbocycles. The van der Waals surface area contributed by atoms with E-state index in [1.54, 1.807) is 6.07 Å². The standard InChI is InChI=1S/C21H16BrNO3/c1-13-10-17-19(18(22)11-13)23(21(25)20(17)24)8-9-26-16-7-6-14-4-2-3-5-15(14)12-16/h2-7,10-12H,8-9H2,1H3. The Labute approximate surface area is 159 Å². The molecule has 1 amide bonds. The molecule has 0 bridgehead atoms. The Morgan fingerprint density at radius 1 is 1.00 bits per heavy atom. The number of rotatable bonds is 4. The van der Waals surface area contributed by atoms with Crippen LogP contribution in [0.4, 0.5) is 5.69 Å². The van der Waals surface area contributed by atoms with Gasteiger partial charge in [0.2, 0.25) is 0 Å². The number of aryl methyl sites for hydroxylation is 1. The molecule has 4 rings (SSSR count). The number of anilines is 1. The second-order valence-electron chi connectivity index (χ2n) is 6.29. The first-order valence-corrected chi connectivity index (χ1v) is 9.12. The number of halogens is 1. The van der Waals surface area contributed by atoms with Crippen LogP contribution in [0.1, 0.15) is 15.9 Å². The molecule has 0 N–H and O–H groups in total. The van der Waals surface area contributed by atoms with Crippen molar-refractivity contribution >= 4 is 44.1 Å². The molecular formula is C21H16BrNO3. The first-order valence-electron chi connectivity index (χ1n) is 8.32. The molecule has 5 heteroatoms. The maximum absolute atomic E-state index is 12.3. The zero-order valence-corrected chi connectivity index (χ0v) is 15.7. The summed E-state index contributed by atoms with van der Waals surface area (Å²) in [5, 5.41) is 2.24. The van der Waals surface area contributed by atoms with Crippen molar-refractivity contribution in [2.75, 3.05) is 18.1 Å². The molecule has 0 spiro atoms. The molecule has 3 aromatic rings. The zero-order chi connectivity index (χ0) is 18.3. The van der Waals surface area contributed by atoms with Crippen molar-refractivity contribution in [2.24, 2.45) is 0 Å². The summed E-state index contributed by atoms with van der Waals surface area (Å²) < 4.78 is 6.57. The lowest BCUT2D eigenvalue weighted by Gasteiger charge is -2.18. The highest BCUT2D eigenvalue weighted by Gasteiger charge is 2.37. The Morgan fingerprint density at radius 3 is 2.58 bits per heavy atom. The molecule has 4 nitrogen and oxygen atoms in total. The topological polar surface area (TPSA) is 46.6 Å². The van der Waals surface area contributed by atoms with Crippen LogP contribution in [0.5, 0.6) is 5.75 Å². The number of carbonyl (C=O) groups is 2. The lowest BCUT2D eigenvalue weighted by Crippen LogP contribution is -2.33. The minimum Gasteiger partial charge on any atom is -0.492 e. The number of benzene rings is 3. The van der Waals surface area contributed by atoms with Crippen LogP contribution in [-0.2, 0) is 4.79 Å². The fourth-order valence-corrected chi connectivity index (χ4v) is 4.04. The molecule has 0 unspecified atom stereocenters. The van der Waals surface area contributed by atoms with E-state index in [-0.39, 0.29) is 0 Å². The summed E-state index contributed by atoms with van der Waals surface area (Å²) in [5.74, 6) is -0.228. The molecule has 3 aromatic carbocycles. The van der Waals surface area contributed by atoms with E-state index >= 15 is 0 Å². The summed E-state index contributed by atoms with van der Waals surface area (Å²) >= 11 is 3.47. The van der Waals surface area contributed by atoms with Crippen molar-refractivity contribution < 1.29 is 14.3 Å². The summed E-state index contributed by atoms with van der Waals surface area (Å²) in [6.45, 7) is 2.51. The molecule has 0 saturated carbocycles. The number of fused-ring (bicyclic) bond motifs is 2. The molecule has 0 atom stereocenters. The van der Waals surface area contributed by atoms with Crippen LogP contribution in [0.15, 0.2) is 59.1 Å². The summed E-state index contributed by atoms with van der Waals surface area (Å²) in [4.78, 5) is 26.1. The first kappa shape index (κ1) is 16.8. The van der Waals surface area contributed by atoms with E-state index in [1.807, 2.05) is 55.5 Å². The number of amides is 1. The minimum atomic E-state index is -0.506. The SMILES string of the molecule is Cc1cc(Br)c2c(c1)C(=O)C(=O)N2CCOc1ccc2ccccc2c1. The van der Waals surface area contributed by atoms with E-state index in [9.17, 15) is 9.59 Å². The largest absolute Gasteiger partial charge is 0.492 e. The number of nitrogens with zero attached hydrogens (tertiary/aromatic N) is 1. The average Bonchev–Trinajstić information content (AvgIpc) is 2.87. The Hall–Kier alpha value is -2.66. The summed E-state index contributed by atoms with van der Waals surface area (Å²) in [6.07, 6.45) is 0.